The van der Waals surface area contributed by atoms with Gasteiger partial charge in [0.15, 0.2) is 11.5 Å². The van der Waals surface area contributed by atoms with Crippen LogP contribution in [0.2, 0.25) is 0 Å². The lowest BCUT2D eigenvalue weighted by Crippen LogP contribution is -2.45. The number of anilines is 1. The molecule has 1 aliphatic carbocycles. The molecule has 39 heavy (non-hydrogen) atoms. The molecule has 0 amide bonds. The summed E-state index contributed by atoms with van der Waals surface area (Å²) in [5, 5.41) is 19.4. The number of nitrogens with zero attached hydrogens (tertiary/aromatic N) is 5. The molecule has 1 aliphatic heterocycles. The number of ether oxygens (including phenoxy) is 3. The number of likely N-dealkylation sites (tertiary alicyclic amines) is 1. The monoisotopic (exact) mass is 532 g/mol. The van der Waals surface area contributed by atoms with Crippen molar-refractivity contribution in [2.45, 2.75) is 44.2 Å². The predicted octanol–water partition coefficient (Wildman–Crippen LogP) is 3.87. The van der Waals surface area contributed by atoms with Crippen molar-refractivity contribution in [3.8, 4) is 17.2 Å². The number of methoxy groups -OCH3 is 3. The van der Waals surface area contributed by atoms with E-state index in [0.29, 0.717) is 24.2 Å². The number of rotatable bonds is 10. The van der Waals surface area contributed by atoms with Crippen molar-refractivity contribution in [1.29, 1.82) is 0 Å². The quantitative estimate of drug-likeness (QED) is 0.315. The van der Waals surface area contributed by atoms with E-state index in [4.69, 9.17) is 29.3 Å². The summed E-state index contributed by atoms with van der Waals surface area (Å²) in [4.78, 5) is 12.5. The Bertz CT molecular complexity index is 1470. The fourth-order valence-electron chi connectivity index (χ4n) is 5.81. The third kappa shape index (κ3) is 4.94. The predicted molar refractivity (Wildman–Crippen MR) is 149 cm³/mol. The topological polar surface area (TPSA) is 106 Å². The molecule has 2 aliphatic rings. The molecule has 206 valence electrons. The molecule has 2 unspecified atom stereocenters. The Hall–Kier alpha value is -3.63. The van der Waals surface area contributed by atoms with Crippen LogP contribution in [0.15, 0.2) is 36.4 Å². The molecule has 2 aromatic carbocycles. The van der Waals surface area contributed by atoms with Crippen LogP contribution in [-0.2, 0) is 6.54 Å². The molecule has 0 spiro atoms. The average Bonchev–Trinajstić information content (AvgIpc) is 3.71. The van der Waals surface area contributed by atoms with Gasteiger partial charge in [-0.25, -0.2) is 9.97 Å². The second-order valence-electron chi connectivity index (χ2n) is 10.5. The SMILES string of the molecule is COc1ccc(CNc2nc3c(OC)cccc3c3nc(C4CCCN(C(CO)C5CC5)C4)nn23)c(OC)c1. The highest BCUT2D eigenvalue weighted by Crippen LogP contribution is 2.38. The molecular weight excluding hydrogens is 496 g/mol. The number of aromatic nitrogens is 4. The van der Waals surface area contributed by atoms with Gasteiger partial charge in [0.25, 0.3) is 0 Å². The molecule has 2 fully saturated rings. The maximum atomic E-state index is 10.1. The molecular formula is C29H36N6O4. The smallest absolute Gasteiger partial charge is 0.226 e. The van der Waals surface area contributed by atoms with Crippen LogP contribution >= 0.6 is 0 Å². The first kappa shape index (κ1) is 25.6. The van der Waals surface area contributed by atoms with Crippen LogP contribution < -0.4 is 19.5 Å². The molecule has 0 radical (unpaired) electrons. The summed E-state index contributed by atoms with van der Waals surface area (Å²) in [5.74, 6) is 4.36. The molecule has 1 saturated carbocycles. The van der Waals surface area contributed by atoms with Crippen LogP contribution in [0.5, 0.6) is 17.2 Å². The zero-order valence-electron chi connectivity index (χ0n) is 22.8. The Labute approximate surface area is 227 Å². The van der Waals surface area contributed by atoms with Crippen LogP contribution in [0.3, 0.4) is 0 Å². The lowest BCUT2D eigenvalue weighted by atomic mass is 9.95. The summed E-state index contributed by atoms with van der Waals surface area (Å²) in [5.41, 5.74) is 2.44. The van der Waals surface area contributed by atoms with Gasteiger partial charge in [0, 0.05) is 42.1 Å². The van der Waals surface area contributed by atoms with E-state index >= 15 is 0 Å². The van der Waals surface area contributed by atoms with Gasteiger partial charge in [-0.2, -0.15) is 4.52 Å². The number of hydrogen-bond acceptors (Lipinski definition) is 9. The molecule has 2 N–H and O–H groups in total. The Morgan fingerprint density at radius 2 is 1.87 bits per heavy atom. The van der Waals surface area contributed by atoms with Crippen LogP contribution in [0, 0.1) is 5.92 Å². The van der Waals surface area contributed by atoms with Crippen LogP contribution in [0.25, 0.3) is 16.6 Å². The maximum Gasteiger partial charge on any atom is 0.226 e. The Balaban J connectivity index is 1.37. The summed E-state index contributed by atoms with van der Waals surface area (Å²) in [7, 11) is 4.94. The first-order valence-electron chi connectivity index (χ1n) is 13.7. The zero-order chi connectivity index (χ0) is 26.9. The van der Waals surface area contributed by atoms with Crippen molar-refractivity contribution in [1.82, 2.24) is 24.5 Å². The molecule has 0 bridgehead atoms. The summed E-state index contributed by atoms with van der Waals surface area (Å²) in [6.45, 7) is 2.57. The largest absolute Gasteiger partial charge is 0.497 e. The van der Waals surface area contributed by atoms with Gasteiger partial charge in [0.05, 0.1) is 27.9 Å². The van der Waals surface area contributed by atoms with Gasteiger partial charge in [-0.1, -0.05) is 6.07 Å². The van der Waals surface area contributed by atoms with Crippen molar-refractivity contribution in [3.05, 3.63) is 47.8 Å². The van der Waals surface area contributed by atoms with Crippen molar-refractivity contribution >= 4 is 22.5 Å². The van der Waals surface area contributed by atoms with E-state index in [1.165, 1.54) is 12.8 Å². The number of para-hydroxylation sites is 1. The molecule has 2 aromatic heterocycles. The van der Waals surface area contributed by atoms with E-state index < -0.39 is 0 Å². The van der Waals surface area contributed by atoms with Crippen LogP contribution in [-0.4, -0.2) is 76.7 Å². The second-order valence-corrected chi connectivity index (χ2v) is 10.5. The van der Waals surface area contributed by atoms with Crippen molar-refractivity contribution < 1.29 is 19.3 Å². The van der Waals surface area contributed by atoms with E-state index in [2.05, 4.69) is 10.2 Å². The minimum atomic E-state index is 0.196. The lowest BCUT2D eigenvalue weighted by molar-refractivity contribution is 0.0808. The van der Waals surface area contributed by atoms with Crippen LogP contribution in [0.1, 0.15) is 43.0 Å². The first-order chi connectivity index (χ1) is 19.1. The second kappa shape index (κ2) is 10.9. The molecule has 4 aromatic rings. The third-order valence-corrected chi connectivity index (χ3v) is 8.07. The number of nitrogens with one attached hydrogen (secondary N) is 1. The fraction of sp³-hybridized carbons (Fsp3) is 0.483. The molecule has 1 saturated heterocycles. The van der Waals surface area contributed by atoms with Gasteiger partial charge < -0.3 is 24.6 Å². The molecule has 10 heteroatoms. The maximum absolute atomic E-state index is 10.1. The van der Waals surface area contributed by atoms with Crippen LogP contribution in [0.4, 0.5) is 5.95 Å². The van der Waals surface area contributed by atoms with E-state index in [9.17, 15) is 5.11 Å². The number of benzene rings is 2. The van der Waals surface area contributed by atoms with Gasteiger partial charge in [-0.05, 0) is 62.4 Å². The highest BCUT2D eigenvalue weighted by atomic mass is 16.5. The van der Waals surface area contributed by atoms with E-state index in [1.54, 1.807) is 21.3 Å². The van der Waals surface area contributed by atoms with Crippen molar-refractivity contribution in [2.24, 2.45) is 5.92 Å². The summed E-state index contributed by atoms with van der Waals surface area (Å²) < 4.78 is 18.4. The Morgan fingerprint density at radius 1 is 1.03 bits per heavy atom. The van der Waals surface area contributed by atoms with Crippen molar-refractivity contribution in [3.63, 3.8) is 0 Å². The number of piperidine rings is 1. The van der Waals surface area contributed by atoms with Gasteiger partial charge in [0.1, 0.15) is 22.8 Å². The molecule has 6 rings (SSSR count). The molecule has 3 heterocycles. The Morgan fingerprint density at radius 3 is 2.62 bits per heavy atom. The first-order valence-corrected chi connectivity index (χ1v) is 13.7. The van der Waals surface area contributed by atoms with Crippen molar-refractivity contribution in [2.75, 3.05) is 46.3 Å². The molecule has 10 nitrogen and oxygen atoms in total. The summed E-state index contributed by atoms with van der Waals surface area (Å²) in [6, 6.07) is 11.9. The summed E-state index contributed by atoms with van der Waals surface area (Å²) >= 11 is 0. The third-order valence-electron chi connectivity index (χ3n) is 8.07. The minimum Gasteiger partial charge on any atom is -0.497 e. The standard InChI is InChI=1S/C29H36N6O4/c1-37-21-12-11-19(25(14-21)39-3)15-30-29-31-26-22(7-4-8-24(26)38-2)28-32-27(33-35(28)29)20-6-5-13-34(16-20)23(17-36)18-9-10-18/h4,7-8,11-12,14,18,20,23,36H,5-6,9-10,13,15-17H2,1-3H3,(H,30,31). The normalized spacial score (nSPS) is 18.8. The minimum absolute atomic E-state index is 0.196. The number of aliphatic hydroxyl groups excluding tert-OH is 1. The lowest BCUT2D eigenvalue weighted by Gasteiger charge is -2.36. The van der Waals surface area contributed by atoms with E-state index in [0.717, 1.165) is 65.4 Å². The molecule has 2 atom stereocenters. The van der Waals surface area contributed by atoms with Gasteiger partial charge in [-0.3, -0.25) is 4.90 Å². The van der Waals surface area contributed by atoms with E-state index in [-0.39, 0.29) is 18.6 Å². The zero-order valence-corrected chi connectivity index (χ0v) is 22.8. The highest BCUT2D eigenvalue weighted by molar-refractivity contribution is 5.96. The number of fused-ring (bicyclic) bond motifs is 3. The number of aliphatic hydroxyl groups is 1. The van der Waals surface area contributed by atoms with Gasteiger partial charge >= 0.3 is 0 Å². The van der Waals surface area contributed by atoms with Gasteiger partial charge in [0.2, 0.25) is 5.95 Å². The van der Waals surface area contributed by atoms with Gasteiger partial charge in [-0.15, -0.1) is 5.10 Å². The fourth-order valence-corrected chi connectivity index (χ4v) is 5.81. The average molecular weight is 533 g/mol. The van der Waals surface area contributed by atoms with E-state index in [1.807, 2.05) is 40.9 Å². The summed E-state index contributed by atoms with van der Waals surface area (Å²) in [6.07, 6.45) is 4.52. The Kier molecular flexibility index (Phi) is 7.14. The number of hydrogen-bond donors (Lipinski definition) is 2. The highest BCUT2D eigenvalue weighted by Gasteiger charge is 2.37.